The number of nitrogen functional groups attached to an aromatic ring is 1. The Balaban J connectivity index is 1.46. The number of ether oxygens (including phenoxy) is 1. The van der Waals surface area contributed by atoms with Crippen molar-refractivity contribution in [1.29, 1.82) is 5.26 Å². The van der Waals surface area contributed by atoms with E-state index >= 15 is 4.39 Å². The number of benzene rings is 2. The van der Waals surface area contributed by atoms with Gasteiger partial charge < -0.3 is 25.6 Å². The summed E-state index contributed by atoms with van der Waals surface area (Å²) in [5.41, 5.74) is 2.69. The average molecular weight is 644 g/mol. The molecule has 3 atom stereocenters. The summed E-state index contributed by atoms with van der Waals surface area (Å²) in [6.07, 6.45) is -2.76. The van der Waals surface area contributed by atoms with E-state index in [-0.39, 0.29) is 68.0 Å². The molecule has 7 rings (SSSR count). The number of carbonyl (C=O) groups is 1. The molecule has 4 aromatic rings. The number of hydrogen-bond acceptors (Lipinski definition) is 9. The van der Waals surface area contributed by atoms with Gasteiger partial charge >= 0.3 is 12.2 Å². The quantitative estimate of drug-likeness (QED) is 0.290. The number of aromatic nitrogens is 2. The summed E-state index contributed by atoms with van der Waals surface area (Å²) in [7, 11) is 1.67. The maximum atomic E-state index is 16.8. The molecule has 15 heteroatoms. The second kappa shape index (κ2) is 10.7. The Morgan fingerprint density at radius 3 is 2.56 bits per heavy atom. The lowest BCUT2D eigenvalue weighted by Crippen LogP contribution is -2.51. The normalized spacial score (nSPS) is 21.7. The lowest BCUT2D eigenvalue weighted by molar-refractivity contribution is -0.137. The Morgan fingerprint density at radius 1 is 1.18 bits per heavy atom. The number of likely N-dealkylation sites (tertiary alicyclic amines) is 1. The Kier molecular flexibility index (Phi) is 6.97. The standard InChI is InChI=1S/C30H26F5N7O2S/c1-41-7-6-13(28(41)43)12-44-29-39-24-17(27(40-29)42-10-14-2-3-15(11-42)38-14)8-19(30(33,34)35)22(23(24)32)16-4-5-20(31)25-21(16)18(9-36)26(37)45-25/h4-5,8,13-15,38H,2-3,6-7,10-12,37H2,1H3. The van der Waals surface area contributed by atoms with E-state index in [1.54, 1.807) is 11.9 Å². The molecule has 2 aromatic carbocycles. The molecule has 2 bridgehead atoms. The number of nitrogens with one attached hydrogen (secondary N) is 1. The molecular weight excluding hydrogens is 617 g/mol. The number of nitriles is 1. The monoisotopic (exact) mass is 643 g/mol. The minimum atomic E-state index is -5.05. The number of nitrogens with zero attached hydrogens (tertiary/aromatic N) is 5. The van der Waals surface area contributed by atoms with Gasteiger partial charge in [-0.05, 0) is 37.0 Å². The van der Waals surface area contributed by atoms with Crippen molar-refractivity contribution >= 4 is 49.1 Å². The molecule has 1 amide bonds. The first-order valence-corrected chi connectivity index (χ1v) is 15.2. The van der Waals surface area contributed by atoms with E-state index < -0.39 is 40.4 Å². The number of nitrogens with two attached hydrogens (primary N) is 1. The molecule has 0 radical (unpaired) electrons. The van der Waals surface area contributed by atoms with Gasteiger partial charge in [0.25, 0.3) is 0 Å². The van der Waals surface area contributed by atoms with Crippen LogP contribution in [0.5, 0.6) is 6.01 Å². The Morgan fingerprint density at radius 2 is 1.91 bits per heavy atom. The van der Waals surface area contributed by atoms with Crippen LogP contribution in [0, 0.1) is 28.9 Å². The van der Waals surface area contributed by atoms with Gasteiger partial charge in [-0.15, -0.1) is 11.3 Å². The summed E-state index contributed by atoms with van der Waals surface area (Å²) >= 11 is 0.698. The van der Waals surface area contributed by atoms with Crippen molar-refractivity contribution in [3.05, 3.63) is 41.0 Å². The van der Waals surface area contributed by atoms with Gasteiger partial charge in [0, 0.05) is 55.1 Å². The lowest BCUT2D eigenvalue weighted by Gasteiger charge is -2.34. The number of rotatable bonds is 5. The van der Waals surface area contributed by atoms with Crippen LogP contribution in [-0.4, -0.2) is 66.1 Å². The van der Waals surface area contributed by atoms with Gasteiger partial charge in [-0.25, -0.2) is 8.78 Å². The third kappa shape index (κ3) is 4.87. The number of fused-ring (bicyclic) bond motifs is 4. The van der Waals surface area contributed by atoms with Gasteiger partial charge in [-0.2, -0.15) is 28.4 Å². The zero-order valence-electron chi connectivity index (χ0n) is 23.8. The van der Waals surface area contributed by atoms with Crippen molar-refractivity contribution in [1.82, 2.24) is 20.2 Å². The molecule has 45 heavy (non-hydrogen) atoms. The summed E-state index contributed by atoms with van der Waals surface area (Å²) in [6.45, 7) is 1.31. The molecule has 9 nitrogen and oxygen atoms in total. The fraction of sp³-hybridized carbons (Fsp3) is 0.400. The highest BCUT2D eigenvalue weighted by atomic mass is 32.1. The van der Waals surface area contributed by atoms with Crippen LogP contribution in [0.25, 0.3) is 32.1 Å². The van der Waals surface area contributed by atoms with E-state index in [0.29, 0.717) is 37.4 Å². The predicted molar refractivity (Wildman–Crippen MR) is 158 cm³/mol. The second-order valence-corrected chi connectivity index (χ2v) is 12.7. The van der Waals surface area contributed by atoms with E-state index in [0.717, 1.165) is 31.0 Å². The van der Waals surface area contributed by atoms with Crippen molar-refractivity contribution in [2.45, 2.75) is 37.5 Å². The Hall–Kier alpha value is -4.29. The van der Waals surface area contributed by atoms with E-state index in [9.17, 15) is 27.6 Å². The lowest BCUT2D eigenvalue weighted by atomic mass is 9.92. The highest BCUT2D eigenvalue weighted by Crippen LogP contribution is 2.48. The van der Waals surface area contributed by atoms with E-state index in [2.05, 4.69) is 15.3 Å². The first-order valence-electron chi connectivity index (χ1n) is 14.4. The molecule has 234 valence electrons. The Bertz CT molecular complexity index is 1910. The number of halogens is 5. The van der Waals surface area contributed by atoms with Gasteiger partial charge in [-0.3, -0.25) is 4.79 Å². The predicted octanol–water partition coefficient (Wildman–Crippen LogP) is 5.06. The molecular formula is C30H26F5N7O2S. The van der Waals surface area contributed by atoms with Crippen LogP contribution in [0.2, 0.25) is 0 Å². The number of amides is 1. The van der Waals surface area contributed by atoms with Crippen LogP contribution in [0.1, 0.15) is 30.4 Å². The highest BCUT2D eigenvalue weighted by Gasteiger charge is 2.40. The number of carbonyl (C=O) groups excluding carboxylic acids is 1. The minimum absolute atomic E-state index is 0.0805. The number of thiophene rings is 1. The molecule has 0 saturated carbocycles. The summed E-state index contributed by atoms with van der Waals surface area (Å²) in [6, 6.07) is 4.45. The van der Waals surface area contributed by atoms with Crippen LogP contribution in [0.3, 0.4) is 0 Å². The molecule has 3 saturated heterocycles. The van der Waals surface area contributed by atoms with Gasteiger partial charge in [0.05, 0.1) is 21.7 Å². The first kappa shape index (κ1) is 29.4. The van der Waals surface area contributed by atoms with Gasteiger partial charge in [0.1, 0.15) is 34.8 Å². The van der Waals surface area contributed by atoms with Crippen molar-refractivity contribution in [3.63, 3.8) is 0 Å². The summed E-state index contributed by atoms with van der Waals surface area (Å²) in [5, 5.41) is 12.7. The maximum absolute atomic E-state index is 16.8. The van der Waals surface area contributed by atoms with E-state index in [4.69, 9.17) is 10.5 Å². The van der Waals surface area contributed by atoms with Crippen LogP contribution in [0.15, 0.2) is 18.2 Å². The van der Waals surface area contributed by atoms with Crippen LogP contribution < -0.4 is 20.7 Å². The average Bonchev–Trinajstić information content (AvgIpc) is 3.64. The number of hydrogen-bond donors (Lipinski definition) is 2. The molecule has 5 heterocycles. The SMILES string of the molecule is CN1CCC(COc2nc(N3CC4CCC(C3)N4)c3cc(C(F)(F)F)c(-c4ccc(F)c5sc(N)c(C#N)c45)c(F)c3n2)C1=O. The van der Waals surface area contributed by atoms with Crippen molar-refractivity contribution in [3.8, 4) is 23.2 Å². The van der Waals surface area contributed by atoms with Crippen LogP contribution in [-0.2, 0) is 11.0 Å². The molecule has 3 aliphatic rings. The number of anilines is 2. The van der Waals surface area contributed by atoms with Gasteiger partial charge in [0.15, 0.2) is 5.82 Å². The summed E-state index contributed by atoms with van der Waals surface area (Å²) in [4.78, 5) is 24.6. The third-order valence-corrected chi connectivity index (χ3v) is 9.89. The fourth-order valence-corrected chi connectivity index (χ4v) is 7.64. The van der Waals surface area contributed by atoms with Crippen molar-refractivity contribution in [2.24, 2.45) is 5.92 Å². The molecule has 0 spiro atoms. The molecule has 3 unspecified atom stereocenters. The Labute approximate surface area is 257 Å². The highest BCUT2D eigenvalue weighted by molar-refractivity contribution is 7.23. The maximum Gasteiger partial charge on any atom is 0.417 e. The van der Waals surface area contributed by atoms with E-state index in [1.807, 2.05) is 11.0 Å². The van der Waals surface area contributed by atoms with Crippen molar-refractivity contribution in [2.75, 3.05) is 43.9 Å². The molecule has 3 N–H and O–H groups in total. The van der Waals surface area contributed by atoms with Crippen molar-refractivity contribution < 1.29 is 31.5 Å². The second-order valence-electron chi connectivity index (χ2n) is 11.7. The zero-order chi connectivity index (χ0) is 31.8. The zero-order valence-corrected chi connectivity index (χ0v) is 24.7. The van der Waals surface area contributed by atoms with Crippen LogP contribution in [0.4, 0.5) is 32.8 Å². The molecule has 3 fully saturated rings. The van der Waals surface area contributed by atoms with Gasteiger partial charge in [0.2, 0.25) is 5.91 Å². The first-order chi connectivity index (χ1) is 21.4. The smallest absolute Gasteiger partial charge is 0.417 e. The third-order valence-electron chi connectivity index (χ3n) is 8.86. The topological polar surface area (TPSA) is 120 Å². The summed E-state index contributed by atoms with van der Waals surface area (Å²) in [5.74, 6) is -2.64. The van der Waals surface area contributed by atoms with Crippen LogP contribution >= 0.6 is 11.3 Å². The molecule has 0 aliphatic carbocycles. The number of piperazine rings is 1. The van der Waals surface area contributed by atoms with Gasteiger partial charge in [-0.1, -0.05) is 6.07 Å². The number of alkyl halides is 3. The molecule has 2 aromatic heterocycles. The largest absolute Gasteiger partial charge is 0.463 e. The molecule has 3 aliphatic heterocycles. The minimum Gasteiger partial charge on any atom is -0.463 e. The fourth-order valence-electron chi connectivity index (χ4n) is 6.69. The summed E-state index contributed by atoms with van der Waals surface area (Å²) < 4.78 is 81.7. The van der Waals surface area contributed by atoms with E-state index in [1.165, 1.54) is 0 Å².